The fourth-order valence-electron chi connectivity index (χ4n) is 3.30. The third-order valence-corrected chi connectivity index (χ3v) is 4.73. The molecule has 0 amide bonds. The second-order valence-corrected chi connectivity index (χ2v) is 7.02. The number of alkyl halides is 3. The van der Waals surface area contributed by atoms with Crippen LogP contribution in [0.1, 0.15) is 28.1 Å². The molecule has 4 rings (SSSR count). The van der Waals surface area contributed by atoms with E-state index >= 15 is 0 Å². The van der Waals surface area contributed by atoms with Crippen molar-refractivity contribution in [2.45, 2.75) is 26.6 Å². The van der Waals surface area contributed by atoms with E-state index in [0.29, 0.717) is 21.6 Å². The van der Waals surface area contributed by atoms with Gasteiger partial charge in [-0.2, -0.15) is 18.3 Å². The Morgan fingerprint density at radius 3 is 2.69 bits per heavy atom. The van der Waals surface area contributed by atoms with Crippen LogP contribution in [0.15, 0.2) is 36.5 Å². The predicted octanol–water partition coefficient (Wildman–Crippen LogP) is 4.68. The van der Waals surface area contributed by atoms with E-state index in [2.05, 4.69) is 10.1 Å². The van der Waals surface area contributed by atoms with Gasteiger partial charge in [-0.15, -0.1) is 4.74 Å². The molecular formula is C19H14ClF3N4O2. The lowest BCUT2D eigenvalue weighted by atomic mass is 10.0. The molecular weight excluding hydrogens is 409 g/mol. The van der Waals surface area contributed by atoms with Crippen molar-refractivity contribution in [3.05, 3.63) is 74.8 Å². The first-order chi connectivity index (χ1) is 13.7. The first-order valence-corrected chi connectivity index (χ1v) is 8.90. The molecule has 0 bridgehead atoms. The molecule has 0 spiro atoms. The third-order valence-electron chi connectivity index (χ3n) is 4.43. The van der Waals surface area contributed by atoms with E-state index in [0.717, 1.165) is 16.3 Å². The Morgan fingerprint density at radius 2 is 2.00 bits per heavy atom. The average molecular weight is 423 g/mol. The van der Waals surface area contributed by atoms with Crippen LogP contribution in [0.5, 0.6) is 0 Å². The number of halogens is 4. The fourth-order valence-corrected chi connectivity index (χ4v) is 3.50. The lowest BCUT2D eigenvalue weighted by molar-refractivity contribution is -0.380. The highest BCUT2D eigenvalue weighted by Crippen LogP contribution is 2.34. The number of nitrogens with zero attached hydrogens (tertiary/aromatic N) is 4. The fraction of sp³-hybridized carbons (Fsp3) is 0.211. The summed E-state index contributed by atoms with van der Waals surface area (Å²) >= 11 is 6.11. The van der Waals surface area contributed by atoms with Crippen molar-refractivity contribution < 1.29 is 22.6 Å². The van der Waals surface area contributed by atoms with Crippen molar-refractivity contribution in [3.63, 3.8) is 0 Å². The van der Waals surface area contributed by atoms with E-state index in [-0.39, 0.29) is 29.0 Å². The van der Waals surface area contributed by atoms with Gasteiger partial charge in [0.05, 0.1) is 10.6 Å². The van der Waals surface area contributed by atoms with Crippen LogP contribution in [0.3, 0.4) is 0 Å². The number of ether oxygens (including phenoxy) is 1. The van der Waals surface area contributed by atoms with Gasteiger partial charge in [0.25, 0.3) is 0 Å². The highest BCUT2D eigenvalue weighted by Gasteiger charge is 2.39. The van der Waals surface area contributed by atoms with Crippen LogP contribution < -0.4 is 0 Å². The molecule has 0 saturated heterocycles. The van der Waals surface area contributed by atoms with Crippen LogP contribution in [0.25, 0.3) is 5.82 Å². The van der Waals surface area contributed by atoms with Gasteiger partial charge in [-0.1, -0.05) is 11.6 Å². The van der Waals surface area contributed by atoms with E-state index in [1.165, 1.54) is 18.3 Å². The summed E-state index contributed by atoms with van der Waals surface area (Å²) in [6, 6.07) is 7.37. The highest BCUT2D eigenvalue weighted by molar-refractivity contribution is 6.32. The van der Waals surface area contributed by atoms with Gasteiger partial charge >= 0.3 is 12.1 Å². The molecule has 0 saturated carbocycles. The number of aromatic nitrogens is 3. The van der Waals surface area contributed by atoms with Gasteiger partial charge in [-0.25, -0.2) is 9.67 Å². The maximum atomic E-state index is 13.3. The zero-order valence-electron chi connectivity index (χ0n) is 15.3. The zero-order chi connectivity index (χ0) is 20.9. The van der Waals surface area contributed by atoms with E-state index in [4.69, 9.17) is 16.3 Å². The molecule has 0 N–H and O–H groups in total. The average Bonchev–Trinajstić information content (AvgIpc) is 3.07. The zero-order valence-corrected chi connectivity index (χ0v) is 16.0. The van der Waals surface area contributed by atoms with Crippen molar-refractivity contribution in [3.8, 4) is 5.82 Å². The molecule has 150 valence electrons. The minimum absolute atomic E-state index is 0.0361. The van der Waals surface area contributed by atoms with Crippen LogP contribution in [0.2, 0.25) is 5.02 Å². The summed E-state index contributed by atoms with van der Waals surface area (Å²) in [4.78, 5) is 4.01. The lowest BCUT2D eigenvalue weighted by Gasteiger charge is -2.20. The Balaban J connectivity index is 1.97. The van der Waals surface area contributed by atoms with E-state index in [1.54, 1.807) is 13.0 Å². The molecule has 3 heterocycles. The molecule has 3 aromatic rings. The number of benzene rings is 1. The Kier molecular flexibility index (Phi) is 4.49. The first-order valence-electron chi connectivity index (χ1n) is 8.52. The summed E-state index contributed by atoms with van der Waals surface area (Å²) < 4.78 is 46.9. The monoisotopic (exact) mass is 422 g/mol. The minimum atomic E-state index is -4.73. The molecule has 0 unspecified atom stereocenters. The molecule has 2 aromatic heterocycles. The smallest absolute Gasteiger partial charge is 0.435 e. The second-order valence-electron chi connectivity index (χ2n) is 6.61. The Bertz CT molecular complexity index is 1150. The van der Waals surface area contributed by atoms with Gasteiger partial charge in [0, 0.05) is 17.8 Å². The summed E-state index contributed by atoms with van der Waals surface area (Å²) in [5, 5.41) is 16.7. The third kappa shape index (κ3) is 3.31. The van der Waals surface area contributed by atoms with Gasteiger partial charge < -0.3 is 9.94 Å². The number of rotatable bonds is 2. The Labute approximate surface area is 168 Å². The molecule has 10 heteroatoms. The molecule has 6 nitrogen and oxygen atoms in total. The standard InChI is InChI=1S/C19H14ClF3N4O2/c1-10-6-11(2)16-12(7-10)9-29-18(27(16)28)14-8-15(19(21,22)23)25-26(14)17-13(20)4-3-5-24-17/h3-8H,9H2,1-2H3. The van der Waals surface area contributed by atoms with Crippen molar-refractivity contribution >= 4 is 23.2 Å². The SMILES string of the molecule is Cc1cc(C)c2c(c1)COC(c1cc(C(F)(F)F)nn1-c1ncccc1Cl)=[N+]2[O-]. The van der Waals surface area contributed by atoms with Crippen molar-refractivity contribution in [2.75, 3.05) is 0 Å². The number of hydrogen-bond donors (Lipinski definition) is 0. The minimum Gasteiger partial charge on any atom is -0.616 e. The molecule has 29 heavy (non-hydrogen) atoms. The van der Waals surface area contributed by atoms with Gasteiger partial charge in [0.1, 0.15) is 6.61 Å². The van der Waals surface area contributed by atoms with Gasteiger partial charge in [-0.3, -0.25) is 0 Å². The van der Waals surface area contributed by atoms with E-state index in [1.807, 2.05) is 13.0 Å². The van der Waals surface area contributed by atoms with E-state index in [9.17, 15) is 18.4 Å². The predicted molar refractivity (Wildman–Crippen MR) is 99.5 cm³/mol. The van der Waals surface area contributed by atoms with Crippen LogP contribution in [0.4, 0.5) is 18.9 Å². The second kappa shape index (κ2) is 6.77. The number of fused-ring (bicyclic) bond motifs is 1. The molecule has 1 aliphatic rings. The molecule has 1 aromatic carbocycles. The number of aryl methyl sites for hydroxylation is 2. The Morgan fingerprint density at radius 1 is 1.24 bits per heavy atom. The summed E-state index contributed by atoms with van der Waals surface area (Å²) in [6.07, 6.45) is -3.36. The summed E-state index contributed by atoms with van der Waals surface area (Å²) in [7, 11) is 0. The molecule has 0 radical (unpaired) electrons. The molecule has 1 aliphatic heterocycles. The summed E-state index contributed by atoms with van der Waals surface area (Å²) in [5.74, 6) is -0.357. The maximum absolute atomic E-state index is 13.3. The summed E-state index contributed by atoms with van der Waals surface area (Å²) in [5.41, 5.74) is 1.24. The first kappa shape index (κ1) is 19.3. The molecule has 0 fully saturated rings. The molecule has 0 aliphatic carbocycles. The maximum Gasteiger partial charge on any atom is 0.435 e. The summed E-state index contributed by atoms with van der Waals surface area (Å²) in [6.45, 7) is 3.68. The van der Waals surface area contributed by atoms with Crippen LogP contribution in [0, 0.1) is 19.1 Å². The highest BCUT2D eigenvalue weighted by atomic mass is 35.5. The van der Waals surface area contributed by atoms with Crippen molar-refractivity contribution in [2.24, 2.45) is 0 Å². The van der Waals surface area contributed by atoms with Gasteiger partial charge in [0.15, 0.2) is 17.2 Å². The van der Waals surface area contributed by atoms with Crippen molar-refractivity contribution in [1.82, 2.24) is 14.8 Å². The Hall–Kier alpha value is -3.07. The largest absolute Gasteiger partial charge is 0.616 e. The number of pyridine rings is 1. The van der Waals surface area contributed by atoms with Crippen LogP contribution in [-0.2, 0) is 17.5 Å². The lowest BCUT2D eigenvalue weighted by Crippen LogP contribution is -2.26. The van der Waals surface area contributed by atoms with Crippen LogP contribution >= 0.6 is 11.6 Å². The molecule has 0 atom stereocenters. The van der Waals surface area contributed by atoms with E-state index < -0.39 is 11.9 Å². The van der Waals surface area contributed by atoms with Gasteiger partial charge in [-0.05, 0) is 43.7 Å². The van der Waals surface area contributed by atoms with Crippen LogP contribution in [-0.4, -0.2) is 25.4 Å². The topological polar surface area (TPSA) is 66.0 Å². The normalized spacial score (nSPS) is 14.0. The van der Waals surface area contributed by atoms with Crippen molar-refractivity contribution in [1.29, 1.82) is 0 Å². The quantitative estimate of drug-likeness (QED) is 0.444. The van der Waals surface area contributed by atoms with Gasteiger partial charge in [0.2, 0.25) is 5.69 Å². The number of hydrogen-bond acceptors (Lipinski definition) is 4.